The van der Waals surface area contributed by atoms with Crippen molar-refractivity contribution in [2.24, 2.45) is 0 Å². The van der Waals surface area contributed by atoms with Crippen molar-refractivity contribution >= 4 is 103 Å². The molecule has 0 N–H and O–H groups in total. The monoisotopic (exact) mass is 971 g/mol. The number of hydrogen-bond acceptors (Lipinski definition) is 3. The largest absolute Gasteiger partial charge is 0.455 e. The normalized spacial score (nSPS) is 14.2. The van der Waals surface area contributed by atoms with Gasteiger partial charge in [-0.15, -0.1) is 0 Å². The second-order valence-corrected chi connectivity index (χ2v) is 27.2. The Morgan fingerprint density at radius 1 is 0.425 bits per heavy atom. The standard InChI is InChI=1S/C68H54BNOSSi/c1-67(2,3)45-33-35-57(53(39-45)43-21-10-7-11-22-43)70-58-41-54-51-28-17-19-32-63(51)73(47-23-12-8-13-24-47,48-25-14-9-15-26-48)64(54)42-55(58)69-56-40-46(68(4,5)6)34-36-61(56)72-62-38-44(37-59(70)65(62)69)49-29-20-30-52-50-27-16-18-31-60(50)71-66(49)52/h7-42H,1-6H3. The van der Waals surface area contributed by atoms with E-state index in [0.29, 0.717) is 0 Å². The van der Waals surface area contributed by atoms with Crippen molar-refractivity contribution in [1.82, 2.24) is 0 Å². The van der Waals surface area contributed by atoms with Crippen molar-refractivity contribution in [1.29, 1.82) is 0 Å². The van der Waals surface area contributed by atoms with Crippen LogP contribution in [-0.4, -0.2) is 14.8 Å². The molecule has 0 spiro atoms. The van der Waals surface area contributed by atoms with Gasteiger partial charge in [0, 0.05) is 43.1 Å². The van der Waals surface area contributed by atoms with Crippen molar-refractivity contribution < 1.29 is 4.42 Å². The van der Waals surface area contributed by atoms with E-state index in [9.17, 15) is 0 Å². The van der Waals surface area contributed by atoms with Crippen molar-refractivity contribution in [3.63, 3.8) is 0 Å². The van der Waals surface area contributed by atoms with Crippen LogP contribution in [0.5, 0.6) is 0 Å². The molecule has 0 atom stereocenters. The smallest absolute Gasteiger partial charge is 0.249 e. The van der Waals surface area contributed by atoms with Gasteiger partial charge in [-0.3, -0.25) is 0 Å². The molecule has 5 heteroatoms. The Morgan fingerprint density at radius 3 is 1.79 bits per heavy atom. The minimum atomic E-state index is -2.87. The molecule has 0 radical (unpaired) electrons. The van der Waals surface area contributed by atoms with Crippen LogP contribution in [0.25, 0.3) is 55.3 Å². The molecule has 73 heavy (non-hydrogen) atoms. The number of fused-ring (bicyclic) bond motifs is 10. The van der Waals surface area contributed by atoms with Gasteiger partial charge in [-0.1, -0.05) is 235 Å². The molecule has 14 rings (SSSR count). The van der Waals surface area contributed by atoms with Crippen molar-refractivity contribution in [2.75, 3.05) is 4.90 Å². The van der Waals surface area contributed by atoms with Crippen LogP contribution in [0.1, 0.15) is 52.7 Å². The highest BCUT2D eigenvalue weighted by atomic mass is 32.2. The van der Waals surface area contributed by atoms with Gasteiger partial charge >= 0.3 is 0 Å². The van der Waals surface area contributed by atoms with E-state index in [4.69, 9.17) is 4.42 Å². The molecular weight excluding hydrogens is 918 g/mol. The molecule has 2 nitrogen and oxygen atoms in total. The number of nitrogens with zero attached hydrogens (tertiary/aromatic N) is 1. The SMILES string of the molecule is CC(C)(C)c1ccc2c(c1)B1c3cc4c(cc3N(c3ccc(C(C)(C)C)cc3-c3ccccc3)c3cc(-c5cccc6c5oc5ccccc56)cc(c31)S2)-c1ccccc1[Si]4(c1ccccc1)c1ccccc1. The Morgan fingerprint density at radius 2 is 1.05 bits per heavy atom. The second kappa shape index (κ2) is 16.2. The molecule has 0 aliphatic carbocycles. The lowest BCUT2D eigenvalue weighted by molar-refractivity contribution is 0.590. The minimum absolute atomic E-state index is 0.0351. The summed E-state index contributed by atoms with van der Waals surface area (Å²) in [7, 11) is -2.87. The van der Waals surface area contributed by atoms with E-state index >= 15 is 0 Å². The van der Waals surface area contributed by atoms with Crippen LogP contribution in [0.3, 0.4) is 0 Å². The first-order valence-corrected chi connectivity index (χ1v) is 28.6. The molecule has 10 aromatic carbocycles. The second-order valence-electron chi connectivity index (χ2n) is 22.4. The van der Waals surface area contributed by atoms with E-state index in [2.05, 4.69) is 265 Å². The summed E-state index contributed by atoms with van der Waals surface area (Å²) < 4.78 is 6.84. The molecule has 0 saturated heterocycles. The quantitative estimate of drug-likeness (QED) is 0.160. The van der Waals surface area contributed by atoms with Gasteiger partial charge < -0.3 is 9.32 Å². The molecule has 11 aromatic rings. The molecule has 3 aliphatic heterocycles. The molecule has 0 unspecified atom stereocenters. The van der Waals surface area contributed by atoms with Gasteiger partial charge in [0.2, 0.25) is 6.71 Å². The third-order valence-corrected chi connectivity index (χ3v) is 22.1. The topological polar surface area (TPSA) is 16.4 Å². The number of para-hydroxylation sites is 2. The predicted molar refractivity (Wildman–Crippen MR) is 315 cm³/mol. The molecule has 0 fully saturated rings. The Labute approximate surface area is 434 Å². The summed E-state index contributed by atoms with van der Waals surface area (Å²) in [6, 6.07) is 83.3. The van der Waals surface area contributed by atoms with Crippen LogP contribution in [0.15, 0.2) is 233 Å². The van der Waals surface area contributed by atoms with Gasteiger partial charge in [0.25, 0.3) is 0 Å². The lowest BCUT2D eigenvalue weighted by atomic mass is 9.34. The highest BCUT2D eigenvalue weighted by Gasteiger charge is 2.51. The maximum absolute atomic E-state index is 6.84. The fourth-order valence-corrected chi connectivity index (χ4v) is 19.0. The van der Waals surface area contributed by atoms with Gasteiger partial charge in [-0.2, -0.15) is 0 Å². The number of furan rings is 1. The average molecular weight is 972 g/mol. The minimum Gasteiger partial charge on any atom is -0.455 e. The number of rotatable bonds is 5. The molecule has 0 amide bonds. The molecule has 4 heterocycles. The van der Waals surface area contributed by atoms with Crippen LogP contribution >= 0.6 is 11.8 Å². The van der Waals surface area contributed by atoms with E-state index in [1.807, 2.05) is 11.8 Å². The molecular formula is C68H54BNOSSi. The summed E-state index contributed by atoms with van der Waals surface area (Å²) >= 11 is 1.93. The maximum atomic E-state index is 6.84. The highest BCUT2D eigenvalue weighted by molar-refractivity contribution is 8.00. The molecule has 1 aromatic heterocycles. The van der Waals surface area contributed by atoms with E-state index in [-0.39, 0.29) is 17.5 Å². The van der Waals surface area contributed by atoms with Crippen molar-refractivity contribution in [2.45, 2.75) is 62.2 Å². The summed E-state index contributed by atoms with van der Waals surface area (Å²) in [6.07, 6.45) is 0. The zero-order chi connectivity index (χ0) is 49.4. The highest BCUT2D eigenvalue weighted by Crippen LogP contribution is 2.49. The molecule has 350 valence electrons. The lowest BCUT2D eigenvalue weighted by Crippen LogP contribution is -2.73. The van der Waals surface area contributed by atoms with E-state index in [0.717, 1.165) is 33.1 Å². The molecule has 0 saturated carbocycles. The third kappa shape index (κ3) is 6.64. The zero-order valence-corrected chi connectivity index (χ0v) is 43.9. The van der Waals surface area contributed by atoms with Crippen LogP contribution in [-0.2, 0) is 10.8 Å². The first kappa shape index (κ1) is 44.2. The number of anilines is 3. The van der Waals surface area contributed by atoms with Gasteiger partial charge in [0.15, 0.2) is 8.07 Å². The molecule has 3 aliphatic rings. The van der Waals surface area contributed by atoms with E-state index in [1.54, 1.807) is 0 Å². The van der Waals surface area contributed by atoms with Crippen LogP contribution < -0.4 is 42.0 Å². The summed E-state index contributed by atoms with van der Waals surface area (Å²) in [5.74, 6) is 0. The van der Waals surface area contributed by atoms with E-state index < -0.39 is 8.07 Å². The first-order valence-electron chi connectivity index (χ1n) is 25.8. The fraction of sp³-hybridized carbons (Fsp3) is 0.118. The Balaban J connectivity index is 1.14. The average Bonchev–Trinajstić information content (AvgIpc) is 3.95. The summed E-state index contributed by atoms with van der Waals surface area (Å²) in [5, 5.41) is 7.99. The van der Waals surface area contributed by atoms with Crippen LogP contribution in [0.4, 0.5) is 17.1 Å². The lowest BCUT2D eigenvalue weighted by Gasteiger charge is -2.42. The summed E-state index contributed by atoms with van der Waals surface area (Å²) in [6.45, 7) is 14.0. The van der Waals surface area contributed by atoms with Crippen molar-refractivity contribution in [3.8, 4) is 33.4 Å². The Bertz CT molecular complexity index is 4000. The van der Waals surface area contributed by atoms with Gasteiger partial charge in [-0.05, 0) is 118 Å². The van der Waals surface area contributed by atoms with E-state index in [1.165, 1.54) is 97.4 Å². The molecule has 0 bridgehead atoms. The predicted octanol–water partition coefficient (Wildman–Crippen LogP) is 13.6. The third-order valence-electron chi connectivity index (χ3n) is 16.1. The number of hydrogen-bond donors (Lipinski definition) is 0. The van der Waals surface area contributed by atoms with Gasteiger partial charge in [-0.25, -0.2) is 0 Å². The first-order chi connectivity index (χ1) is 35.5. The van der Waals surface area contributed by atoms with Crippen LogP contribution in [0.2, 0.25) is 0 Å². The maximum Gasteiger partial charge on any atom is 0.249 e. The van der Waals surface area contributed by atoms with Gasteiger partial charge in [0.1, 0.15) is 11.2 Å². The number of benzene rings is 10. The summed E-state index contributed by atoms with van der Waals surface area (Å²) in [5.41, 5.74) is 19.4. The van der Waals surface area contributed by atoms with Crippen LogP contribution in [0, 0.1) is 0 Å². The zero-order valence-electron chi connectivity index (χ0n) is 42.1. The Hall–Kier alpha value is -7.57. The van der Waals surface area contributed by atoms with Gasteiger partial charge in [0.05, 0.1) is 5.69 Å². The fourth-order valence-electron chi connectivity index (χ4n) is 12.6. The Kier molecular flexibility index (Phi) is 9.81. The van der Waals surface area contributed by atoms with Crippen molar-refractivity contribution in [3.05, 3.63) is 230 Å². The summed E-state index contributed by atoms with van der Waals surface area (Å²) in [4.78, 5) is 5.26.